The summed E-state index contributed by atoms with van der Waals surface area (Å²) in [6, 6.07) is 7.25. The molecule has 0 saturated carbocycles. The van der Waals surface area contributed by atoms with Gasteiger partial charge < -0.3 is 16.0 Å². The molecule has 0 aromatic heterocycles. The number of hydrogen-bond donors (Lipinski definition) is 3. The number of halogens is 1. The molecule has 3 N–H and O–H groups in total. The van der Waals surface area contributed by atoms with Crippen LogP contribution in [0.1, 0.15) is 39.5 Å². The van der Waals surface area contributed by atoms with Crippen LogP contribution >= 0.6 is 12.4 Å². The number of carbonyl (C=O) groups excluding carboxylic acids is 2. The molecule has 0 spiro atoms. The van der Waals surface area contributed by atoms with E-state index in [9.17, 15) is 9.59 Å². The third kappa shape index (κ3) is 6.49. The first-order valence-corrected chi connectivity index (χ1v) is 8.49. The summed E-state index contributed by atoms with van der Waals surface area (Å²) in [5, 5.41) is 9.08. The number of benzene rings is 1. The van der Waals surface area contributed by atoms with Gasteiger partial charge in [-0.15, -0.1) is 12.4 Å². The quantitative estimate of drug-likeness (QED) is 0.733. The minimum absolute atomic E-state index is 0. The van der Waals surface area contributed by atoms with Crippen LogP contribution in [-0.2, 0) is 9.59 Å². The van der Waals surface area contributed by atoms with E-state index in [0.717, 1.165) is 37.3 Å². The van der Waals surface area contributed by atoms with Crippen LogP contribution in [0.2, 0.25) is 0 Å². The van der Waals surface area contributed by atoms with Gasteiger partial charge >= 0.3 is 0 Å². The summed E-state index contributed by atoms with van der Waals surface area (Å²) in [4.78, 5) is 23.5. The lowest BCUT2D eigenvalue weighted by molar-refractivity contribution is -0.117. The molecule has 1 unspecified atom stereocenters. The third-order valence-corrected chi connectivity index (χ3v) is 4.47. The monoisotopic (exact) mass is 353 g/mol. The van der Waals surface area contributed by atoms with Crippen molar-refractivity contribution in [3.63, 3.8) is 0 Å². The van der Waals surface area contributed by atoms with Crippen molar-refractivity contribution in [2.24, 2.45) is 11.8 Å². The normalized spacial score (nSPS) is 15.9. The molecule has 1 aromatic rings. The number of hydrogen-bond acceptors (Lipinski definition) is 3. The molecular weight excluding hydrogens is 326 g/mol. The van der Waals surface area contributed by atoms with Crippen molar-refractivity contribution in [1.82, 2.24) is 5.32 Å². The van der Waals surface area contributed by atoms with Crippen LogP contribution in [0.3, 0.4) is 0 Å². The lowest BCUT2D eigenvalue weighted by Crippen LogP contribution is -2.32. The molecule has 0 bridgehead atoms. The SMILES string of the molecule is CCC(=O)Nc1ccc(NC(=O)CC(C)C2CCNCC2)cc1.Cl. The molecule has 24 heavy (non-hydrogen) atoms. The van der Waals surface area contributed by atoms with E-state index in [0.29, 0.717) is 24.7 Å². The van der Waals surface area contributed by atoms with Gasteiger partial charge in [-0.25, -0.2) is 0 Å². The molecule has 5 nitrogen and oxygen atoms in total. The second-order valence-electron chi connectivity index (χ2n) is 6.30. The summed E-state index contributed by atoms with van der Waals surface area (Å²) >= 11 is 0. The predicted molar refractivity (Wildman–Crippen MR) is 101 cm³/mol. The second kappa shape index (κ2) is 10.3. The van der Waals surface area contributed by atoms with Gasteiger partial charge in [0.1, 0.15) is 0 Å². The molecule has 2 amide bonds. The van der Waals surface area contributed by atoms with Crippen molar-refractivity contribution in [1.29, 1.82) is 0 Å². The van der Waals surface area contributed by atoms with Crippen LogP contribution in [0.25, 0.3) is 0 Å². The maximum atomic E-state index is 12.2. The smallest absolute Gasteiger partial charge is 0.224 e. The Morgan fingerprint density at radius 1 is 1.08 bits per heavy atom. The molecule has 1 saturated heterocycles. The van der Waals surface area contributed by atoms with Gasteiger partial charge in [-0.05, 0) is 62.0 Å². The van der Waals surface area contributed by atoms with Crippen LogP contribution < -0.4 is 16.0 Å². The van der Waals surface area contributed by atoms with Crippen molar-refractivity contribution in [2.45, 2.75) is 39.5 Å². The first-order valence-electron chi connectivity index (χ1n) is 8.49. The topological polar surface area (TPSA) is 70.2 Å². The molecule has 1 aliphatic heterocycles. The summed E-state index contributed by atoms with van der Waals surface area (Å²) in [6.45, 7) is 6.09. The largest absolute Gasteiger partial charge is 0.326 e. The van der Waals surface area contributed by atoms with E-state index in [1.165, 1.54) is 0 Å². The predicted octanol–water partition coefficient (Wildman–Crippen LogP) is 3.42. The number of nitrogens with one attached hydrogen (secondary N) is 3. The van der Waals surface area contributed by atoms with Crippen LogP contribution in [0, 0.1) is 11.8 Å². The summed E-state index contributed by atoms with van der Waals surface area (Å²) in [7, 11) is 0. The fourth-order valence-corrected chi connectivity index (χ4v) is 2.97. The minimum atomic E-state index is -0.0161. The minimum Gasteiger partial charge on any atom is -0.326 e. The van der Waals surface area contributed by atoms with Gasteiger partial charge in [0.25, 0.3) is 0 Å². The van der Waals surface area contributed by atoms with E-state index < -0.39 is 0 Å². The van der Waals surface area contributed by atoms with Crippen LogP contribution in [-0.4, -0.2) is 24.9 Å². The lowest BCUT2D eigenvalue weighted by Gasteiger charge is -2.27. The zero-order valence-electron chi connectivity index (χ0n) is 14.4. The molecule has 0 radical (unpaired) electrons. The Bertz CT molecular complexity index is 528. The summed E-state index contributed by atoms with van der Waals surface area (Å²) in [6.07, 6.45) is 3.31. The Hall–Kier alpha value is -1.59. The maximum Gasteiger partial charge on any atom is 0.224 e. The number of anilines is 2. The Morgan fingerprint density at radius 2 is 1.58 bits per heavy atom. The molecule has 1 aliphatic rings. The Balaban J connectivity index is 0.00000288. The Kier molecular flexibility index (Phi) is 8.79. The zero-order chi connectivity index (χ0) is 16.7. The van der Waals surface area contributed by atoms with E-state index in [1.54, 1.807) is 12.1 Å². The van der Waals surface area contributed by atoms with Crippen molar-refractivity contribution in [3.8, 4) is 0 Å². The summed E-state index contributed by atoms with van der Waals surface area (Å²) < 4.78 is 0. The summed E-state index contributed by atoms with van der Waals surface area (Å²) in [5.74, 6) is 1.08. The molecule has 1 atom stereocenters. The van der Waals surface area contributed by atoms with Gasteiger partial charge in [0.15, 0.2) is 0 Å². The van der Waals surface area contributed by atoms with Crippen molar-refractivity contribution in [3.05, 3.63) is 24.3 Å². The average molecular weight is 354 g/mol. The Morgan fingerprint density at radius 3 is 2.08 bits per heavy atom. The second-order valence-corrected chi connectivity index (χ2v) is 6.30. The molecule has 1 fully saturated rings. The van der Waals surface area contributed by atoms with E-state index >= 15 is 0 Å². The first kappa shape index (κ1) is 20.5. The Labute approximate surface area is 150 Å². The molecular formula is C18H28ClN3O2. The van der Waals surface area contributed by atoms with Gasteiger partial charge in [-0.1, -0.05) is 13.8 Å². The highest BCUT2D eigenvalue weighted by Crippen LogP contribution is 2.24. The molecule has 1 aromatic carbocycles. The number of piperidine rings is 1. The van der Waals surface area contributed by atoms with Gasteiger partial charge in [-0.2, -0.15) is 0 Å². The maximum absolute atomic E-state index is 12.2. The highest BCUT2D eigenvalue weighted by molar-refractivity contribution is 5.92. The van der Waals surface area contributed by atoms with Crippen molar-refractivity contribution < 1.29 is 9.59 Å². The van der Waals surface area contributed by atoms with Gasteiger partial charge in [0.2, 0.25) is 11.8 Å². The molecule has 134 valence electrons. The van der Waals surface area contributed by atoms with E-state index in [2.05, 4.69) is 22.9 Å². The van der Waals surface area contributed by atoms with Gasteiger partial charge in [-0.3, -0.25) is 9.59 Å². The molecule has 0 aliphatic carbocycles. The van der Waals surface area contributed by atoms with E-state index in [-0.39, 0.29) is 24.2 Å². The molecule has 1 heterocycles. The van der Waals surface area contributed by atoms with Crippen LogP contribution in [0.4, 0.5) is 11.4 Å². The third-order valence-electron chi connectivity index (χ3n) is 4.47. The van der Waals surface area contributed by atoms with Gasteiger partial charge in [0.05, 0.1) is 0 Å². The van der Waals surface area contributed by atoms with Gasteiger partial charge in [0, 0.05) is 24.2 Å². The molecule has 2 rings (SSSR count). The van der Waals surface area contributed by atoms with E-state index in [1.807, 2.05) is 19.1 Å². The fraction of sp³-hybridized carbons (Fsp3) is 0.556. The highest BCUT2D eigenvalue weighted by Gasteiger charge is 2.21. The van der Waals surface area contributed by atoms with Crippen LogP contribution in [0.15, 0.2) is 24.3 Å². The lowest BCUT2D eigenvalue weighted by atomic mass is 9.84. The standard InChI is InChI=1S/C18H27N3O2.ClH/c1-3-17(22)20-15-4-6-16(7-5-15)21-18(23)12-13(2)14-8-10-19-11-9-14;/h4-7,13-14,19H,3,8-12H2,1-2H3,(H,20,22)(H,21,23);1H. The highest BCUT2D eigenvalue weighted by atomic mass is 35.5. The zero-order valence-corrected chi connectivity index (χ0v) is 15.2. The fourth-order valence-electron chi connectivity index (χ4n) is 2.97. The van der Waals surface area contributed by atoms with Crippen molar-refractivity contribution >= 4 is 35.6 Å². The van der Waals surface area contributed by atoms with Crippen LogP contribution in [0.5, 0.6) is 0 Å². The number of carbonyl (C=O) groups is 2. The van der Waals surface area contributed by atoms with Crippen molar-refractivity contribution in [2.75, 3.05) is 23.7 Å². The van der Waals surface area contributed by atoms with E-state index in [4.69, 9.17) is 0 Å². The summed E-state index contributed by atoms with van der Waals surface area (Å²) in [5.41, 5.74) is 1.51. The number of rotatable bonds is 6. The average Bonchev–Trinajstić information content (AvgIpc) is 2.57. The molecule has 6 heteroatoms. The first-order chi connectivity index (χ1) is 11.1. The number of amides is 2.